The van der Waals surface area contributed by atoms with Gasteiger partial charge in [0.05, 0.1) is 11.5 Å². The zero-order valence-corrected chi connectivity index (χ0v) is 14.3. The molecule has 1 atom stereocenters. The summed E-state index contributed by atoms with van der Waals surface area (Å²) in [5.41, 5.74) is 0. The monoisotopic (exact) mass is 320 g/mol. The minimum absolute atomic E-state index is 0.133. The highest BCUT2D eigenvalue weighted by Gasteiger charge is 2.25. The lowest BCUT2D eigenvalue weighted by atomic mass is 10.1. The van der Waals surface area contributed by atoms with E-state index in [1.807, 2.05) is 32.8 Å². The highest BCUT2D eigenvalue weighted by Crippen LogP contribution is 2.26. The van der Waals surface area contributed by atoms with Crippen LogP contribution >= 0.6 is 11.3 Å². The van der Waals surface area contributed by atoms with Crippen LogP contribution < -0.4 is 4.72 Å². The number of aliphatic hydroxyl groups excluding tert-OH is 1. The maximum absolute atomic E-state index is 12.5. The van der Waals surface area contributed by atoms with Crippen molar-refractivity contribution in [1.29, 1.82) is 0 Å². The van der Waals surface area contributed by atoms with Gasteiger partial charge >= 0.3 is 0 Å². The van der Waals surface area contributed by atoms with Gasteiger partial charge in [0, 0.05) is 22.3 Å². The van der Waals surface area contributed by atoms with Crippen LogP contribution in [0.5, 0.6) is 0 Å². The largest absolute Gasteiger partial charge is 0.391 e. The quantitative estimate of drug-likeness (QED) is 0.797. The van der Waals surface area contributed by atoms with Crippen LogP contribution in [-0.2, 0) is 16.6 Å². The Morgan fingerprint density at radius 3 is 2.40 bits per heavy atom. The molecule has 0 radical (unpaired) electrons. The molecule has 0 saturated heterocycles. The van der Waals surface area contributed by atoms with Gasteiger partial charge in [-0.25, -0.2) is 13.1 Å². The van der Waals surface area contributed by atoms with Crippen molar-refractivity contribution < 1.29 is 13.5 Å². The van der Waals surface area contributed by atoms with Crippen molar-refractivity contribution in [3.05, 3.63) is 15.8 Å². The summed E-state index contributed by atoms with van der Waals surface area (Å²) in [7, 11) is 0.293. The summed E-state index contributed by atoms with van der Waals surface area (Å²) in [6.45, 7) is 6.26. The number of likely N-dealkylation sites (N-methyl/N-ethyl adjacent to an activating group) is 1. The molecular formula is C13H24N2O3S2. The Kier molecular flexibility index (Phi) is 6.15. The molecule has 0 saturated carbocycles. The SMILES string of the molecule is Cc1sc(CO)cc1S(=O)(=O)NC(CN(C)C)C(C)C. The summed E-state index contributed by atoms with van der Waals surface area (Å²) in [6.07, 6.45) is 0. The molecule has 1 rings (SSSR count). The lowest BCUT2D eigenvalue weighted by Crippen LogP contribution is -2.44. The summed E-state index contributed by atoms with van der Waals surface area (Å²) in [6, 6.07) is 1.40. The van der Waals surface area contributed by atoms with E-state index in [1.54, 1.807) is 13.0 Å². The van der Waals surface area contributed by atoms with Gasteiger partial charge in [-0.1, -0.05) is 13.8 Å². The van der Waals surface area contributed by atoms with E-state index in [4.69, 9.17) is 5.11 Å². The van der Waals surface area contributed by atoms with E-state index >= 15 is 0 Å². The molecule has 0 aliphatic carbocycles. The summed E-state index contributed by atoms with van der Waals surface area (Å²) < 4.78 is 27.7. The van der Waals surface area contributed by atoms with Crippen LogP contribution in [0.25, 0.3) is 0 Å². The minimum Gasteiger partial charge on any atom is -0.391 e. The van der Waals surface area contributed by atoms with Crippen molar-refractivity contribution in [2.45, 2.75) is 38.3 Å². The van der Waals surface area contributed by atoms with Gasteiger partial charge in [-0.05, 0) is 33.0 Å². The number of hydrogen-bond donors (Lipinski definition) is 2. The van der Waals surface area contributed by atoms with Gasteiger partial charge in [0.1, 0.15) is 0 Å². The van der Waals surface area contributed by atoms with Crippen LogP contribution in [0.2, 0.25) is 0 Å². The molecule has 0 amide bonds. The molecule has 7 heteroatoms. The summed E-state index contributed by atoms with van der Waals surface area (Å²) in [4.78, 5) is 3.61. The van der Waals surface area contributed by atoms with Crippen LogP contribution in [0.4, 0.5) is 0 Å². The number of thiophene rings is 1. The number of sulfonamides is 1. The van der Waals surface area contributed by atoms with Gasteiger partial charge in [-0.2, -0.15) is 0 Å². The van der Waals surface area contributed by atoms with Crippen molar-refractivity contribution in [3.63, 3.8) is 0 Å². The third-order valence-corrected chi connectivity index (χ3v) is 5.82. The Labute approximate surface area is 125 Å². The maximum Gasteiger partial charge on any atom is 0.241 e. The molecule has 1 unspecified atom stereocenters. The zero-order valence-electron chi connectivity index (χ0n) is 12.7. The van der Waals surface area contributed by atoms with Crippen molar-refractivity contribution in [3.8, 4) is 0 Å². The topological polar surface area (TPSA) is 69.6 Å². The average molecular weight is 320 g/mol. The molecule has 0 aromatic carbocycles. The van der Waals surface area contributed by atoms with Crippen molar-refractivity contribution in [2.24, 2.45) is 5.92 Å². The molecule has 116 valence electrons. The summed E-state index contributed by atoms with van der Waals surface area (Å²) in [5, 5.41) is 9.12. The Morgan fingerprint density at radius 2 is 2.00 bits per heavy atom. The molecular weight excluding hydrogens is 296 g/mol. The standard InChI is InChI=1S/C13H24N2O3S2/c1-9(2)12(7-15(4)5)14-20(17,18)13-6-11(8-16)19-10(13)3/h6,9,12,14,16H,7-8H2,1-5H3. The first-order valence-electron chi connectivity index (χ1n) is 6.54. The van der Waals surface area contributed by atoms with E-state index in [0.29, 0.717) is 16.3 Å². The van der Waals surface area contributed by atoms with E-state index < -0.39 is 10.0 Å². The zero-order chi connectivity index (χ0) is 15.5. The second kappa shape index (κ2) is 7.00. The van der Waals surface area contributed by atoms with Crippen LogP contribution in [0, 0.1) is 12.8 Å². The minimum atomic E-state index is -3.55. The van der Waals surface area contributed by atoms with Crippen molar-refractivity contribution >= 4 is 21.4 Å². The molecule has 1 aromatic rings. The van der Waals surface area contributed by atoms with E-state index in [9.17, 15) is 8.42 Å². The van der Waals surface area contributed by atoms with Gasteiger partial charge in [0.25, 0.3) is 0 Å². The molecule has 0 aliphatic rings. The lowest BCUT2D eigenvalue weighted by molar-refractivity contribution is 0.285. The lowest BCUT2D eigenvalue weighted by Gasteiger charge is -2.25. The predicted octanol–water partition coefficient (Wildman–Crippen LogP) is 1.41. The third kappa shape index (κ3) is 4.53. The fourth-order valence-electron chi connectivity index (χ4n) is 1.91. The Morgan fingerprint density at radius 1 is 1.40 bits per heavy atom. The summed E-state index contributed by atoms with van der Waals surface area (Å²) >= 11 is 1.31. The van der Waals surface area contributed by atoms with Crippen molar-refractivity contribution in [2.75, 3.05) is 20.6 Å². The first kappa shape index (κ1) is 17.6. The fraction of sp³-hybridized carbons (Fsp3) is 0.692. The first-order valence-corrected chi connectivity index (χ1v) is 8.84. The van der Waals surface area contributed by atoms with Crippen LogP contribution in [0.15, 0.2) is 11.0 Å². The molecule has 0 fully saturated rings. The van der Waals surface area contributed by atoms with Gasteiger partial charge in [-0.3, -0.25) is 0 Å². The first-order chi connectivity index (χ1) is 9.17. The van der Waals surface area contributed by atoms with E-state index in [1.165, 1.54) is 11.3 Å². The second-order valence-corrected chi connectivity index (χ2v) is 8.55. The Balaban J connectivity index is 3.00. The highest BCUT2D eigenvalue weighted by molar-refractivity contribution is 7.89. The second-order valence-electron chi connectivity index (χ2n) is 5.53. The normalized spacial score (nSPS) is 14.2. The molecule has 0 aliphatic heterocycles. The number of rotatable bonds is 7. The molecule has 0 bridgehead atoms. The third-order valence-electron chi connectivity index (χ3n) is 3.04. The van der Waals surface area contributed by atoms with Gasteiger partial charge in [0.2, 0.25) is 10.0 Å². The van der Waals surface area contributed by atoms with Crippen LogP contribution in [0.3, 0.4) is 0 Å². The number of aryl methyl sites for hydroxylation is 1. The molecule has 20 heavy (non-hydrogen) atoms. The van der Waals surface area contributed by atoms with Gasteiger partial charge < -0.3 is 10.0 Å². The number of nitrogens with one attached hydrogen (secondary N) is 1. The van der Waals surface area contributed by atoms with Crippen LogP contribution in [-0.4, -0.2) is 45.1 Å². The van der Waals surface area contributed by atoms with Crippen LogP contribution in [0.1, 0.15) is 23.6 Å². The Bertz CT molecular complexity index is 536. The number of aliphatic hydroxyl groups is 1. The molecule has 0 spiro atoms. The molecule has 1 aromatic heterocycles. The summed E-state index contributed by atoms with van der Waals surface area (Å²) in [5.74, 6) is 0.198. The number of hydrogen-bond acceptors (Lipinski definition) is 5. The number of nitrogens with zero attached hydrogens (tertiary/aromatic N) is 1. The smallest absolute Gasteiger partial charge is 0.241 e. The van der Waals surface area contributed by atoms with Gasteiger partial charge in [0.15, 0.2) is 0 Å². The maximum atomic E-state index is 12.5. The Hall–Kier alpha value is -0.470. The molecule has 1 heterocycles. The van der Waals surface area contributed by atoms with Gasteiger partial charge in [-0.15, -0.1) is 11.3 Å². The fourth-order valence-corrected chi connectivity index (χ4v) is 4.78. The van der Waals surface area contributed by atoms with Crippen molar-refractivity contribution in [1.82, 2.24) is 9.62 Å². The van der Waals surface area contributed by atoms with E-state index in [0.717, 1.165) is 0 Å². The highest BCUT2D eigenvalue weighted by atomic mass is 32.2. The molecule has 2 N–H and O–H groups in total. The molecule has 5 nitrogen and oxygen atoms in total. The van der Waals surface area contributed by atoms with E-state index in [2.05, 4.69) is 4.72 Å². The average Bonchev–Trinajstić information content (AvgIpc) is 2.69. The van der Waals surface area contributed by atoms with E-state index in [-0.39, 0.29) is 23.5 Å². The predicted molar refractivity (Wildman–Crippen MR) is 82.5 cm³/mol.